The molecule has 0 radical (unpaired) electrons. The molecule has 22 heavy (non-hydrogen) atoms. The van der Waals surface area contributed by atoms with Crippen LogP contribution in [0, 0.1) is 6.92 Å². The van der Waals surface area contributed by atoms with E-state index in [0.29, 0.717) is 17.1 Å². The summed E-state index contributed by atoms with van der Waals surface area (Å²) in [7, 11) is 0. The summed E-state index contributed by atoms with van der Waals surface area (Å²) in [4.78, 5) is 12.3. The van der Waals surface area contributed by atoms with E-state index in [2.05, 4.69) is 31.6 Å². The Morgan fingerprint density at radius 1 is 1.09 bits per heavy atom. The van der Waals surface area contributed by atoms with Crippen LogP contribution in [0.3, 0.4) is 0 Å². The third kappa shape index (κ3) is 2.92. The fourth-order valence-corrected chi connectivity index (χ4v) is 2.33. The monoisotopic (exact) mass is 357 g/mol. The molecule has 3 rings (SSSR count). The molecule has 0 saturated carbocycles. The Morgan fingerprint density at radius 3 is 2.55 bits per heavy atom. The molecule has 0 aliphatic carbocycles. The molecule has 2 aromatic carbocycles. The first-order valence-electron chi connectivity index (χ1n) is 6.60. The van der Waals surface area contributed by atoms with Gasteiger partial charge in [0.15, 0.2) is 5.69 Å². The van der Waals surface area contributed by atoms with Crippen molar-refractivity contribution in [2.24, 2.45) is 0 Å². The molecule has 0 aliphatic heterocycles. The van der Waals surface area contributed by atoms with E-state index in [1.807, 2.05) is 49.4 Å². The zero-order chi connectivity index (χ0) is 15.5. The Balaban J connectivity index is 1.88. The van der Waals surface area contributed by atoms with Crippen LogP contribution in [0.5, 0.6) is 0 Å². The Bertz CT molecular complexity index is 812. The number of anilines is 1. The zero-order valence-corrected chi connectivity index (χ0v) is 13.3. The maximum Gasteiger partial charge on any atom is 0.257 e. The topological polar surface area (TPSA) is 68.0 Å². The Hall–Kier alpha value is -2.47. The molecule has 0 saturated heterocycles. The van der Waals surface area contributed by atoms with Gasteiger partial charge in [0.2, 0.25) is 5.82 Å². The minimum Gasteiger partial charge on any atom is -0.302 e. The number of halogens is 1. The summed E-state index contributed by atoms with van der Waals surface area (Å²) in [5.74, 6) is 0.0581. The van der Waals surface area contributed by atoms with Crippen molar-refractivity contribution in [2.45, 2.75) is 6.92 Å². The van der Waals surface area contributed by atoms with E-state index in [1.165, 1.54) is 0 Å². The highest BCUT2D eigenvalue weighted by Gasteiger charge is 2.16. The molecule has 6 heteroatoms. The highest BCUT2D eigenvalue weighted by Crippen LogP contribution is 2.26. The second-order valence-electron chi connectivity index (χ2n) is 4.74. The van der Waals surface area contributed by atoms with Crippen LogP contribution < -0.4 is 5.32 Å². The van der Waals surface area contributed by atoms with Crippen LogP contribution in [0.1, 0.15) is 15.9 Å². The molecule has 1 amide bonds. The number of carbonyl (C=O) groups excluding carboxylic acids is 1. The molecule has 1 heterocycles. The van der Waals surface area contributed by atoms with Gasteiger partial charge in [-0.1, -0.05) is 46.3 Å². The minimum atomic E-state index is -0.243. The smallest absolute Gasteiger partial charge is 0.257 e. The van der Waals surface area contributed by atoms with Gasteiger partial charge >= 0.3 is 0 Å². The number of hydrogen-bond donors (Lipinski definition) is 1. The van der Waals surface area contributed by atoms with E-state index in [9.17, 15) is 4.79 Å². The zero-order valence-electron chi connectivity index (χ0n) is 11.7. The molecule has 1 N–H and O–H groups in total. The van der Waals surface area contributed by atoms with E-state index in [-0.39, 0.29) is 5.91 Å². The summed E-state index contributed by atoms with van der Waals surface area (Å²) >= 11 is 3.38. The maximum absolute atomic E-state index is 12.3. The fourth-order valence-electron chi connectivity index (χ4n) is 2.07. The summed E-state index contributed by atoms with van der Waals surface area (Å²) in [5, 5.41) is 10.4. The third-order valence-corrected chi connectivity index (χ3v) is 3.76. The molecular formula is C16H12BrN3O2. The average molecular weight is 358 g/mol. The number of nitrogens with zero attached hydrogens (tertiary/aromatic N) is 2. The van der Waals surface area contributed by atoms with Crippen LogP contribution in [0.2, 0.25) is 0 Å². The number of benzene rings is 2. The summed E-state index contributed by atoms with van der Waals surface area (Å²) in [6.45, 7) is 1.88. The van der Waals surface area contributed by atoms with Crippen molar-refractivity contribution in [3.8, 4) is 11.3 Å². The van der Waals surface area contributed by atoms with Gasteiger partial charge in [-0.3, -0.25) is 4.79 Å². The van der Waals surface area contributed by atoms with E-state index in [1.54, 1.807) is 6.07 Å². The van der Waals surface area contributed by atoms with E-state index >= 15 is 0 Å². The van der Waals surface area contributed by atoms with Crippen molar-refractivity contribution < 1.29 is 9.42 Å². The summed E-state index contributed by atoms with van der Waals surface area (Å²) in [6.07, 6.45) is 0. The van der Waals surface area contributed by atoms with Gasteiger partial charge in [0, 0.05) is 15.6 Å². The van der Waals surface area contributed by atoms with Crippen molar-refractivity contribution in [1.29, 1.82) is 0 Å². The van der Waals surface area contributed by atoms with Gasteiger partial charge in [-0.2, -0.15) is 0 Å². The number of nitrogens with one attached hydrogen (secondary N) is 1. The molecular weight excluding hydrogens is 346 g/mol. The summed E-state index contributed by atoms with van der Waals surface area (Å²) in [6, 6.07) is 14.9. The lowest BCUT2D eigenvalue weighted by Crippen LogP contribution is -2.14. The highest BCUT2D eigenvalue weighted by molar-refractivity contribution is 9.10. The molecule has 110 valence electrons. The minimum absolute atomic E-state index is 0.243. The van der Waals surface area contributed by atoms with E-state index < -0.39 is 0 Å². The van der Waals surface area contributed by atoms with Crippen molar-refractivity contribution in [2.75, 3.05) is 5.32 Å². The largest absolute Gasteiger partial charge is 0.302 e. The molecule has 1 aromatic heterocycles. The molecule has 5 nitrogen and oxygen atoms in total. The quantitative estimate of drug-likeness (QED) is 0.767. The molecule has 0 atom stereocenters. The highest BCUT2D eigenvalue weighted by atomic mass is 79.9. The molecule has 0 unspecified atom stereocenters. The van der Waals surface area contributed by atoms with Gasteiger partial charge in [0.05, 0.1) is 0 Å². The number of carbonyl (C=O) groups is 1. The van der Waals surface area contributed by atoms with Gasteiger partial charge < -0.3 is 5.32 Å². The second kappa shape index (κ2) is 6.11. The van der Waals surface area contributed by atoms with Gasteiger partial charge in [0.25, 0.3) is 5.91 Å². The van der Waals surface area contributed by atoms with Crippen LogP contribution in [-0.4, -0.2) is 16.2 Å². The summed E-state index contributed by atoms with van der Waals surface area (Å²) < 4.78 is 5.73. The molecule has 0 fully saturated rings. The maximum atomic E-state index is 12.3. The van der Waals surface area contributed by atoms with Crippen molar-refractivity contribution in [3.63, 3.8) is 0 Å². The molecule has 3 aromatic rings. The number of rotatable bonds is 3. The third-order valence-electron chi connectivity index (χ3n) is 3.23. The first-order chi connectivity index (χ1) is 10.6. The fraction of sp³-hybridized carbons (Fsp3) is 0.0625. The standard InChI is InChI=1S/C16H12BrN3O2/c1-10-4-2-3-5-13(10)16(21)18-15-14(19-22-20-15)11-6-8-12(17)9-7-11/h2-9H,1H3,(H,18,20,21). The first-order valence-corrected chi connectivity index (χ1v) is 7.40. The predicted octanol–water partition coefficient (Wildman–Crippen LogP) is 4.06. The lowest BCUT2D eigenvalue weighted by Gasteiger charge is -2.05. The Labute approximate surface area is 135 Å². The van der Waals surface area contributed by atoms with Crippen LogP contribution in [0.4, 0.5) is 5.82 Å². The molecule has 0 aliphatic rings. The number of hydrogen-bond acceptors (Lipinski definition) is 4. The van der Waals surface area contributed by atoms with Crippen molar-refractivity contribution in [1.82, 2.24) is 10.3 Å². The van der Waals surface area contributed by atoms with Crippen LogP contribution in [0.25, 0.3) is 11.3 Å². The molecule has 0 spiro atoms. The van der Waals surface area contributed by atoms with Gasteiger partial charge in [-0.05, 0) is 41.0 Å². The SMILES string of the molecule is Cc1ccccc1C(=O)Nc1nonc1-c1ccc(Br)cc1. The lowest BCUT2D eigenvalue weighted by molar-refractivity contribution is 0.102. The van der Waals surface area contributed by atoms with Crippen LogP contribution in [0.15, 0.2) is 57.6 Å². The number of aryl methyl sites for hydroxylation is 1. The number of amides is 1. The predicted molar refractivity (Wildman–Crippen MR) is 86.6 cm³/mol. The normalized spacial score (nSPS) is 10.5. The molecule has 0 bridgehead atoms. The summed E-state index contributed by atoms with van der Waals surface area (Å²) in [5.41, 5.74) is 2.79. The van der Waals surface area contributed by atoms with Crippen LogP contribution in [-0.2, 0) is 0 Å². The average Bonchev–Trinajstić information content (AvgIpc) is 2.96. The van der Waals surface area contributed by atoms with Gasteiger partial charge in [-0.15, -0.1) is 0 Å². The van der Waals surface area contributed by atoms with Gasteiger partial charge in [-0.25, -0.2) is 4.63 Å². The van der Waals surface area contributed by atoms with E-state index in [0.717, 1.165) is 15.6 Å². The van der Waals surface area contributed by atoms with Gasteiger partial charge in [0.1, 0.15) is 0 Å². The first kappa shape index (κ1) is 14.5. The second-order valence-corrected chi connectivity index (χ2v) is 5.65. The van der Waals surface area contributed by atoms with Crippen molar-refractivity contribution >= 4 is 27.7 Å². The van der Waals surface area contributed by atoms with E-state index in [4.69, 9.17) is 4.63 Å². The Morgan fingerprint density at radius 2 is 1.82 bits per heavy atom. The van der Waals surface area contributed by atoms with Crippen LogP contribution >= 0.6 is 15.9 Å². The number of aromatic nitrogens is 2. The Kier molecular flexibility index (Phi) is 4.02. The van der Waals surface area contributed by atoms with Crippen molar-refractivity contribution in [3.05, 3.63) is 64.1 Å². The lowest BCUT2D eigenvalue weighted by atomic mass is 10.1.